The average molecular weight is 400 g/mol. The molecule has 2 N–H and O–H groups in total. The fraction of sp³-hybridized carbons (Fsp3) is 0.476. The third kappa shape index (κ3) is 5.28. The van der Waals surface area contributed by atoms with Crippen LogP contribution in [0.5, 0.6) is 17.5 Å². The van der Waals surface area contributed by atoms with Gasteiger partial charge in [-0.15, -0.1) is 0 Å². The highest BCUT2D eigenvalue weighted by Crippen LogP contribution is 2.33. The van der Waals surface area contributed by atoms with E-state index in [9.17, 15) is 4.79 Å². The molecule has 1 fully saturated rings. The first-order valence-electron chi connectivity index (χ1n) is 9.77. The Morgan fingerprint density at radius 1 is 1.14 bits per heavy atom. The molecule has 1 aromatic heterocycles. The monoisotopic (exact) mass is 400 g/mol. The molecule has 3 rings (SSSR count). The first kappa shape index (κ1) is 20.7. The molecule has 1 amide bonds. The van der Waals surface area contributed by atoms with Crippen LogP contribution in [0.25, 0.3) is 0 Å². The summed E-state index contributed by atoms with van der Waals surface area (Å²) in [6.07, 6.45) is 4.80. The summed E-state index contributed by atoms with van der Waals surface area (Å²) >= 11 is 0. The van der Waals surface area contributed by atoms with Crippen LogP contribution >= 0.6 is 0 Å². The van der Waals surface area contributed by atoms with E-state index in [1.54, 1.807) is 14.0 Å². The van der Waals surface area contributed by atoms with Crippen molar-refractivity contribution in [3.63, 3.8) is 0 Å². The molecule has 0 radical (unpaired) electrons. The number of amides is 1. The number of aromatic nitrogens is 2. The van der Waals surface area contributed by atoms with E-state index < -0.39 is 0 Å². The number of hydrogen-bond donors (Lipinski definition) is 2. The molecule has 0 bridgehead atoms. The maximum atomic E-state index is 11.6. The minimum atomic E-state index is -0.193. The lowest BCUT2D eigenvalue weighted by Crippen LogP contribution is -2.14. The second kappa shape index (κ2) is 9.45. The predicted octanol–water partition coefficient (Wildman–Crippen LogP) is 3.69. The van der Waals surface area contributed by atoms with Crippen molar-refractivity contribution in [2.45, 2.75) is 52.2 Å². The van der Waals surface area contributed by atoms with Crippen LogP contribution in [0.3, 0.4) is 0 Å². The summed E-state index contributed by atoms with van der Waals surface area (Å²) in [5.74, 6) is 1.77. The van der Waals surface area contributed by atoms with E-state index in [4.69, 9.17) is 14.2 Å². The number of carbonyl (C=O) groups is 1. The van der Waals surface area contributed by atoms with Crippen LogP contribution in [0.4, 0.5) is 11.5 Å². The number of benzene rings is 1. The van der Waals surface area contributed by atoms with Gasteiger partial charge < -0.3 is 24.8 Å². The highest BCUT2D eigenvalue weighted by atomic mass is 16.5. The van der Waals surface area contributed by atoms with E-state index in [1.807, 2.05) is 18.2 Å². The van der Waals surface area contributed by atoms with Gasteiger partial charge in [-0.3, -0.25) is 4.79 Å². The molecule has 0 aliphatic heterocycles. The van der Waals surface area contributed by atoms with Crippen LogP contribution < -0.4 is 24.8 Å². The molecule has 8 heteroatoms. The van der Waals surface area contributed by atoms with Crippen molar-refractivity contribution in [3.05, 3.63) is 29.5 Å². The topological polar surface area (TPSA) is 94.6 Å². The second-order valence-corrected chi connectivity index (χ2v) is 7.06. The molecule has 0 unspecified atom stereocenters. The van der Waals surface area contributed by atoms with Gasteiger partial charge in [-0.1, -0.05) is 6.07 Å². The van der Waals surface area contributed by atoms with Crippen molar-refractivity contribution in [2.75, 3.05) is 24.9 Å². The number of ether oxygens (including phenoxy) is 3. The molecule has 1 aromatic carbocycles. The van der Waals surface area contributed by atoms with E-state index in [2.05, 4.69) is 20.6 Å². The Hall–Kier alpha value is -3.03. The molecular weight excluding hydrogens is 372 g/mol. The number of aryl methyl sites for hydroxylation is 1. The minimum Gasteiger partial charge on any atom is -0.493 e. The van der Waals surface area contributed by atoms with Gasteiger partial charge in [0.1, 0.15) is 5.69 Å². The van der Waals surface area contributed by atoms with E-state index in [1.165, 1.54) is 26.9 Å². The Morgan fingerprint density at radius 2 is 1.90 bits per heavy atom. The molecule has 8 nitrogen and oxygen atoms in total. The molecule has 1 aliphatic carbocycles. The summed E-state index contributed by atoms with van der Waals surface area (Å²) in [5, 5.41) is 6.05. The van der Waals surface area contributed by atoms with Crippen molar-refractivity contribution < 1.29 is 19.0 Å². The van der Waals surface area contributed by atoms with Gasteiger partial charge in [0.2, 0.25) is 5.91 Å². The number of methoxy groups -OCH3 is 2. The zero-order chi connectivity index (χ0) is 20.8. The molecule has 0 atom stereocenters. The summed E-state index contributed by atoms with van der Waals surface area (Å²) in [5.41, 5.74) is 2.16. The molecule has 29 heavy (non-hydrogen) atoms. The van der Waals surface area contributed by atoms with Crippen molar-refractivity contribution in [1.82, 2.24) is 9.97 Å². The number of anilines is 2. The molecule has 0 spiro atoms. The molecule has 1 aliphatic rings. The van der Waals surface area contributed by atoms with Crippen LogP contribution in [-0.4, -0.2) is 36.2 Å². The van der Waals surface area contributed by atoms with Crippen molar-refractivity contribution in [3.8, 4) is 17.5 Å². The Morgan fingerprint density at radius 3 is 2.55 bits per heavy atom. The molecule has 0 saturated heterocycles. The zero-order valence-electron chi connectivity index (χ0n) is 17.4. The minimum absolute atomic E-state index is 0.193. The Labute approximate surface area is 171 Å². The number of carbonyl (C=O) groups excluding carboxylic acids is 1. The maximum Gasteiger partial charge on any atom is 0.318 e. The van der Waals surface area contributed by atoms with Crippen LogP contribution in [0.1, 0.15) is 43.9 Å². The Bertz CT molecular complexity index is 866. The lowest BCUT2D eigenvalue weighted by atomic mass is 10.2. The Kier molecular flexibility index (Phi) is 6.74. The first-order valence-corrected chi connectivity index (χ1v) is 9.77. The summed E-state index contributed by atoms with van der Waals surface area (Å²) < 4.78 is 16.8. The van der Waals surface area contributed by atoms with Crippen LogP contribution in [0.15, 0.2) is 18.2 Å². The quantitative estimate of drug-likeness (QED) is 0.698. The van der Waals surface area contributed by atoms with Crippen molar-refractivity contribution in [1.29, 1.82) is 0 Å². The molecule has 1 saturated carbocycles. The van der Waals surface area contributed by atoms with E-state index in [-0.39, 0.29) is 18.0 Å². The summed E-state index contributed by atoms with van der Waals surface area (Å²) in [7, 11) is 3.15. The standard InChI is InChI=1S/C21H28N4O4/c1-13-19(24-14(2)26)20(25-21(23-13)28-4)22-12-15-9-10-17(27-3)18(11-15)29-16-7-5-6-8-16/h9-11,16H,5-8,12H2,1-4H3,(H,24,26)(H,22,23,25). The number of hydrogen-bond acceptors (Lipinski definition) is 7. The average Bonchev–Trinajstić information content (AvgIpc) is 3.21. The van der Waals surface area contributed by atoms with Crippen LogP contribution in [0, 0.1) is 6.92 Å². The van der Waals surface area contributed by atoms with Gasteiger partial charge in [-0.2, -0.15) is 9.97 Å². The Balaban J connectivity index is 1.80. The summed E-state index contributed by atoms with van der Waals surface area (Å²) in [6.45, 7) is 3.72. The predicted molar refractivity (Wildman–Crippen MR) is 111 cm³/mol. The van der Waals surface area contributed by atoms with Gasteiger partial charge in [0, 0.05) is 13.5 Å². The number of rotatable bonds is 8. The van der Waals surface area contributed by atoms with Gasteiger partial charge in [0.05, 0.1) is 26.0 Å². The lowest BCUT2D eigenvalue weighted by Gasteiger charge is -2.18. The third-order valence-electron chi connectivity index (χ3n) is 4.84. The second-order valence-electron chi connectivity index (χ2n) is 7.06. The van der Waals surface area contributed by atoms with Crippen LogP contribution in [-0.2, 0) is 11.3 Å². The first-order chi connectivity index (χ1) is 14.0. The van der Waals surface area contributed by atoms with Gasteiger partial charge in [-0.05, 0) is 50.3 Å². The summed E-state index contributed by atoms with van der Waals surface area (Å²) in [4.78, 5) is 20.1. The van der Waals surface area contributed by atoms with Crippen molar-refractivity contribution in [2.24, 2.45) is 0 Å². The third-order valence-corrected chi connectivity index (χ3v) is 4.84. The fourth-order valence-electron chi connectivity index (χ4n) is 3.39. The smallest absolute Gasteiger partial charge is 0.318 e. The highest BCUT2D eigenvalue weighted by molar-refractivity contribution is 5.92. The SMILES string of the molecule is COc1nc(C)c(NC(C)=O)c(NCc2ccc(OC)c(OC3CCCC3)c2)n1. The van der Waals surface area contributed by atoms with Crippen molar-refractivity contribution >= 4 is 17.4 Å². The van der Waals surface area contributed by atoms with Gasteiger partial charge in [0.25, 0.3) is 0 Å². The van der Waals surface area contributed by atoms with Gasteiger partial charge in [-0.25, -0.2) is 0 Å². The van der Waals surface area contributed by atoms with E-state index in [0.717, 1.165) is 29.9 Å². The molecule has 156 valence electrons. The van der Waals surface area contributed by atoms with E-state index >= 15 is 0 Å². The fourth-order valence-corrected chi connectivity index (χ4v) is 3.39. The molecule has 2 aromatic rings. The normalized spacial score (nSPS) is 13.8. The van der Waals surface area contributed by atoms with Gasteiger partial charge in [0.15, 0.2) is 17.3 Å². The number of nitrogens with zero attached hydrogens (tertiary/aromatic N) is 2. The van der Waals surface area contributed by atoms with Crippen LogP contribution in [0.2, 0.25) is 0 Å². The molecule has 1 heterocycles. The highest BCUT2D eigenvalue weighted by Gasteiger charge is 2.19. The lowest BCUT2D eigenvalue weighted by molar-refractivity contribution is -0.114. The van der Waals surface area contributed by atoms with E-state index in [0.29, 0.717) is 23.7 Å². The summed E-state index contributed by atoms with van der Waals surface area (Å²) in [6, 6.07) is 6.09. The number of nitrogens with one attached hydrogen (secondary N) is 2. The van der Waals surface area contributed by atoms with Gasteiger partial charge >= 0.3 is 6.01 Å². The maximum absolute atomic E-state index is 11.6. The molecular formula is C21H28N4O4. The zero-order valence-corrected chi connectivity index (χ0v) is 17.4. The largest absolute Gasteiger partial charge is 0.493 e.